The van der Waals surface area contributed by atoms with Crippen LogP contribution in [0.25, 0.3) is 0 Å². The Morgan fingerprint density at radius 1 is 1.25 bits per heavy atom. The van der Waals surface area contributed by atoms with Crippen LogP contribution < -0.4 is 5.32 Å². The van der Waals surface area contributed by atoms with Crippen LogP contribution in [0.2, 0.25) is 0 Å². The fourth-order valence-electron chi connectivity index (χ4n) is 3.12. The van der Waals surface area contributed by atoms with Gasteiger partial charge in [-0.2, -0.15) is 11.8 Å². The molecule has 0 spiro atoms. The van der Waals surface area contributed by atoms with Crippen molar-refractivity contribution < 1.29 is 4.79 Å². The van der Waals surface area contributed by atoms with Crippen molar-refractivity contribution in [2.45, 2.75) is 37.1 Å². The van der Waals surface area contributed by atoms with Gasteiger partial charge in [-0.15, -0.1) is 24.2 Å². The molecule has 0 bridgehead atoms. The molecule has 1 N–H and O–H groups in total. The molecule has 2 aliphatic rings. The second-order valence-corrected chi connectivity index (χ2v) is 8.44. The standard InChI is InChI=1S/C16H24N4OS2.ClH/c21-16(15-11-22-6-7-23-15)20(10-13-8-18-12-19-9-13)14-2-1-4-17-5-3-14;/h8-9,12,14-15,17H,1-7,10-11H2;1H. The lowest BCUT2D eigenvalue weighted by Gasteiger charge is -2.34. The molecule has 5 nitrogen and oxygen atoms in total. The number of rotatable bonds is 4. The van der Waals surface area contributed by atoms with Gasteiger partial charge in [0.15, 0.2) is 0 Å². The number of hydrogen-bond donors (Lipinski definition) is 1. The Bertz CT molecular complexity index is 494. The first-order valence-electron chi connectivity index (χ1n) is 8.29. The summed E-state index contributed by atoms with van der Waals surface area (Å²) in [5.41, 5.74) is 1.02. The summed E-state index contributed by atoms with van der Waals surface area (Å²) in [4.78, 5) is 23.5. The zero-order valence-corrected chi connectivity index (χ0v) is 16.2. The van der Waals surface area contributed by atoms with Crippen molar-refractivity contribution >= 4 is 41.8 Å². The van der Waals surface area contributed by atoms with Gasteiger partial charge >= 0.3 is 0 Å². The van der Waals surface area contributed by atoms with Gasteiger partial charge in [0.1, 0.15) is 6.33 Å². The third-order valence-electron chi connectivity index (χ3n) is 4.33. The highest BCUT2D eigenvalue weighted by Gasteiger charge is 2.31. The number of hydrogen-bond acceptors (Lipinski definition) is 6. The van der Waals surface area contributed by atoms with E-state index in [1.54, 1.807) is 6.33 Å². The summed E-state index contributed by atoms with van der Waals surface area (Å²) in [6, 6.07) is 0.324. The van der Waals surface area contributed by atoms with Crippen molar-refractivity contribution in [1.29, 1.82) is 0 Å². The van der Waals surface area contributed by atoms with Crippen LogP contribution in [-0.2, 0) is 11.3 Å². The van der Waals surface area contributed by atoms with Crippen molar-refractivity contribution in [1.82, 2.24) is 20.2 Å². The average molecular weight is 389 g/mol. The fourth-order valence-corrected chi connectivity index (χ4v) is 5.74. The Balaban J connectivity index is 0.00000208. The van der Waals surface area contributed by atoms with Crippen LogP contribution in [0.4, 0.5) is 0 Å². The van der Waals surface area contributed by atoms with Crippen molar-refractivity contribution in [2.75, 3.05) is 30.3 Å². The Labute approximate surface area is 158 Å². The highest BCUT2D eigenvalue weighted by Crippen LogP contribution is 2.28. The van der Waals surface area contributed by atoms with E-state index in [-0.39, 0.29) is 17.7 Å². The summed E-state index contributed by atoms with van der Waals surface area (Å²) in [7, 11) is 0. The summed E-state index contributed by atoms with van der Waals surface area (Å²) >= 11 is 3.72. The second-order valence-electron chi connectivity index (χ2n) is 5.98. The Hall–Kier alpha value is -0.500. The van der Waals surface area contributed by atoms with Crippen LogP contribution in [-0.4, -0.2) is 62.4 Å². The van der Waals surface area contributed by atoms with Crippen LogP contribution in [0.15, 0.2) is 18.7 Å². The smallest absolute Gasteiger partial charge is 0.237 e. The first kappa shape index (κ1) is 19.8. The van der Waals surface area contributed by atoms with E-state index in [4.69, 9.17) is 0 Å². The molecule has 3 heterocycles. The number of halogens is 1. The molecule has 0 aromatic carbocycles. The fraction of sp³-hybridized carbons (Fsp3) is 0.688. The molecule has 2 saturated heterocycles. The Morgan fingerprint density at radius 2 is 2.08 bits per heavy atom. The van der Waals surface area contributed by atoms with Crippen LogP contribution in [0.5, 0.6) is 0 Å². The first-order valence-corrected chi connectivity index (χ1v) is 10.5. The predicted molar refractivity (Wildman–Crippen MR) is 104 cm³/mol. The number of carbonyl (C=O) groups excluding carboxylic acids is 1. The third kappa shape index (κ3) is 5.51. The van der Waals surface area contributed by atoms with Crippen LogP contribution in [0, 0.1) is 0 Å². The first-order chi connectivity index (χ1) is 11.3. The number of amides is 1. The number of aromatic nitrogens is 2. The number of nitrogens with zero attached hydrogens (tertiary/aromatic N) is 3. The Morgan fingerprint density at radius 3 is 2.83 bits per heavy atom. The molecule has 1 amide bonds. The SMILES string of the molecule is Cl.O=C(C1CSCCS1)N(Cc1cncnc1)C1CCCNCC1. The van der Waals surface area contributed by atoms with Gasteiger partial charge in [-0.25, -0.2) is 9.97 Å². The second kappa shape index (κ2) is 10.5. The average Bonchev–Trinajstić information content (AvgIpc) is 2.90. The van der Waals surface area contributed by atoms with E-state index in [0.717, 1.165) is 55.2 Å². The molecular formula is C16H25ClN4OS2. The summed E-state index contributed by atoms with van der Waals surface area (Å²) in [6.07, 6.45) is 8.43. The summed E-state index contributed by atoms with van der Waals surface area (Å²) in [5, 5.41) is 3.55. The molecule has 3 rings (SSSR count). The zero-order chi connectivity index (χ0) is 15.9. The molecule has 1 aromatic heterocycles. The van der Waals surface area contributed by atoms with Gasteiger partial charge in [0.05, 0.1) is 5.25 Å². The minimum Gasteiger partial charge on any atom is -0.334 e. The molecule has 2 fully saturated rings. The van der Waals surface area contributed by atoms with E-state index in [2.05, 4.69) is 20.2 Å². The molecule has 1 aromatic rings. The quantitative estimate of drug-likeness (QED) is 0.853. The minimum absolute atomic E-state index is 0. The van der Waals surface area contributed by atoms with E-state index < -0.39 is 0 Å². The van der Waals surface area contributed by atoms with Gasteiger partial charge in [0.25, 0.3) is 0 Å². The van der Waals surface area contributed by atoms with Gasteiger partial charge in [-0.1, -0.05) is 0 Å². The summed E-state index contributed by atoms with van der Waals surface area (Å²) < 4.78 is 0. The molecule has 8 heteroatoms. The van der Waals surface area contributed by atoms with Gasteiger partial charge < -0.3 is 10.2 Å². The topological polar surface area (TPSA) is 58.1 Å². The molecule has 134 valence electrons. The van der Waals surface area contributed by atoms with Gasteiger partial charge in [-0.3, -0.25) is 4.79 Å². The van der Waals surface area contributed by atoms with Gasteiger partial charge in [-0.05, 0) is 32.4 Å². The zero-order valence-electron chi connectivity index (χ0n) is 13.7. The normalized spacial score (nSPS) is 24.5. The van der Waals surface area contributed by atoms with E-state index >= 15 is 0 Å². The highest BCUT2D eigenvalue weighted by molar-refractivity contribution is 8.07. The summed E-state index contributed by atoms with van der Waals surface area (Å²) in [5.74, 6) is 3.48. The lowest BCUT2D eigenvalue weighted by Crippen LogP contribution is -2.46. The maximum absolute atomic E-state index is 13.1. The van der Waals surface area contributed by atoms with E-state index in [0.29, 0.717) is 18.5 Å². The highest BCUT2D eigenvalue weighted by atomic mass is 35.5. The van der Waals surface area contributed by atoms with Crippen LogP contribution in [0.1, 0.15) is 24.8 Å². The lowest BCUT2D eigenvalue weighted by atomic mass is 10.1. The molecule has 0 radical (unpaired) electrons. The molecular weight excluding hydrogens is 364 g/mol. The summed E-state index contributed by atoms with van der Waals surface area (Å²) in [6.45, 7) is 2.68. The molecule has 0 aliphatic carbocycles. The van der Waals surface area contributed by atoms with Crippen LogP contribution >= 0.6 is 35.9 Å². The molecule has 0 saturated carbocycles. The number of carbonyl (C=O) groups is 1. The van der Waals surface area contributed by atoms with Gasteiger partial charge in [0.2, 0.25) is 5.91 Å². The van der Waals surface area contributed by atoms with E-state index in [9.17, 15) is 4.79 Å². The minimum atomic E-state index is 0. The van der Waals surface area contributed by atoms with E-state index in [1.807, 2.05) is 35.9 Å². The van der Waals surface area contributed by atoms with Gasteiger partial charge in [0, 0.05) is 47.8 Å². The maximum Gasteiger partial charge on any atom is 0.237 e. The molecule has 24 heavy (non-hydrogen) atoms. The lowest BCUT2D eigenvalue weighted by molar-refractivity contribution is -0.133. The van der Waals surface area contributed by atoms with Crippen molar-refractivity contribution in [3.8, 4) is 0 Å². The number of nitrogens with one attached hydrogen (secondary N) is 1. The van der Waals surface area contributed by atoms with Crippen molar-refractivity contribution in [2.24, 2.45) is 0 Å². The largest absolute Gasteiger partial charge is 0.334 e. The molecule has 2 atom stereocenters. The molecule has 2 unspecified atom stereocenters. The third-order valence-corrected chi connectivity index (χ3v) is 7.07. The van der Waals surface area contributed by atoms with Crippen LogP contribution in [0.3, 0.4) is 0 Å². The monoisotopic (exact) mass is 388 g/mol. The van der Waals surface area contributed by atoms with Crippen molar-refractivity contribution in [3.05, 3.63) is 24.3 Å². The number of thioether (sulfide) groups is 2. The predicted octanol–water partition coefficient (Wildman–Crippen LogP) is 2.22. The van der Waals surface area contributed by atoms with Crippen molar-refractivity contribution in [3.63, 3.8) is 0 Å². The molecule has 2 aliphatic heterocycles. The Kier molecular flexibility index (Phi) is 8.66. The van der Waals surface area contributed by atoms with E-state index in [1.165, 1.54) is 0 Å². The maximum atomic E-state index is 13.1.